The molecule has 6 nitrogen and oxygen atoms in total. The molecule has 3 heterocycles. The third-order valence-corrected chi connectivity index (χ3v) is 7.99. The van der Waals surface area contributed by atoms with Gasteiger partial charge in [0, 0.05) is 10.9 Å². The standard InChI is InChI=1S/C24H16F2N4O2S2/c25-12-8-9-17(15(26)10-12)30-23(32)13-4-1-2-6-16(13)27-24(30)33-11-19-28-21(31)20-14-5-3-7-18(14)34-22(20)29-19/h1-2,4,6,8-10H,3,5,7,11H2,(H,28,29,31). The Kier molecular flexibility index (Phi) is 5.07. The summed E-state index contributed by atoms with van der Waals surface area (Å²) >= 11 is 2.70. The molecule has 2 aromatic carbocycles. The highest BCUT2D eigenvalue weighted by Gasteiger charge is 2.22. The topological polar surface area (TPSA) is 80.6 Å². The Morgan fingerprint density at radius 1 is 1.09 bits per heavy atom. The molecule has 34 heavy (non-hydrogen) atoms. The number of benzene rings is 2. The van der Waals surface area contributed by atoms with Gasteiger partial charge in [0.1, 0.15) is 22.3 Å². The van der Waals surface area contributed by atoms with Crippen LogP contribution in [0.3, 0.4) is 0 Å². The molecule has 0 fully saturated rings. The number of nitrogens with zero attached hydrogens (tertiary/aromatic N) is 3. The lowest BCUT2D eigenvalue weighted by atomic mass is 10.2. The number of rotatable bonds is 4. The summed E-state index contributed by atoms with van der Waals surface area (Å²) < 4.78 is 29.3. The number of thiophene rings is 1. The van der Waals surface area contributed by atoms with Crippen LogP contribution < -0.4 is 11.1 Å². The number of aryl methyl sites for hydroxylation is 2. The molecule has 6 rings (SSSR count). The molecule has 0 amide bonds. The SMILES string of the molecule is O=c1[nH]c(CSc2nc3ccccc3c(=O)n2-c2ccc(F)cc2F)nc2sc3c(c12)CCC3. The van der Waals surface area contributed by atoms with E-state index in [1.807, 2.05) is 0 Å². The van der Waals surface area contributed by atoms with Crippen molar-refractivity contribution >= 4 is 44.2 Å². The lowest BCUT2D eigenvalue weighted by Crippen LogP contribution is -2.23. The fraction of sp³-hybridized carbons (Fsp3) is 0.167. The Balaban J connectivity index is 1.45. The number of halogens is 2. The minimum Gasteiger partial charge on any atom is -0.309 e. The average molecular weight is 495 g/mol. The van der Waals surface area contributed by atoms with Gasteiger partial charge in [-0.05, 0) is 49.1 Å². The number of fused-ring (bicyclic) bond motifs is 4. The number of aromatic nitrogens is 4. The molecule has 0 bridgehead atoms. The summed E-state index contributed by atoms with van der Waals surface area (Å²) in [6.07, 6.45) is 2.92. The van der Waals surface area contributed by atoms with Gasteiger partial charge in [-0.1, -0.05) is 23.9 Å². The highest BCUT2D eigenvalue weighted by Crippen LogP contribution is 2.35. The fourth-order valence-electron chi connectivity index (χ4n) is 4.33. The summed E-state index contributed by atoms with van der Waals surface area (Å²) in [6.45, 7) is 0. The number of H-pyrrole nitrogens is 1. The normalized spacial score (nSPS) is 13.1. The van der Waals surface area contributed by atoms with Crippen molar-refractivity contribution in [1.82, 2.24) is 19.5 Å². The van der Waals surface area contributed by atoms with E-state index in [2.05, 4.69) is 15.0 Å². The zero-order valence-electron chi connectivity index (χ0n) is 17.6. The van der Waals surface area contributed by atoms with E-state index in [0.29, 0.717) is 26.9 Å². The van der Waals surface area contributed by atoms with Gasteiger partial charge < -0.3 is 4.98 Å². The second-order valence-electron chi connectivity index (χ2n) is 7.99. The second-order valence-corrected chi connectivity index (χ2v) is 10.0. The number of hydrogen-bond donors (Lipinski definition) is 1. The van der Waals surface area contributed by atoms with Crippen LogP contribution in [0.25, 0.3) is 26.8 Å². The van der Waals surface area contributed by atoms with E-state index in [9.17, 15) is 18.4 Å². The molecule has 0 spiro atoms. The van der Waals surface area contributed by atoms with Crippen LogP contribution in [0.15, 0.2) is 57.2 Å². The van der Waals surface area contributed by atoms with Crippen LogP contribution in [0.1, 0.15) is 22.7 Å². The molecule has 10 heteroatoms. The Morgan fingerprint density at radius 2 is 1.94 bits per heavy atom. The van der Waals surface area contributed by atoms with Gasteiger partial charge in [-0.25, -0.2) is 18.7 Å². The van der Waals surface area contributed by atoms with Crippen LogP contribution in [0.5, 0.6) is 0 Å². The van der Waals surface area contributed by atoms with Gasteiger partial charge in [-0.15, -0.1) is 11.3 Å². The van der Waals surface area contributed by atoms with Crippen LogP contribution in [-0.2, 0) is 18.6 Å². The quantitative estimate of drug-likeness (QED) is 0.288. The Hall–Kier alpha value is -3.37. The van der Waals surface area contributed by atoms with Crippen LogP contribution in [-0.4, -0.2) is 19.5 Å². The van der Waals surface area contributed by atoms with Gasteiger partial charge >= 0.3 is 0 Å². The molecule has 1 aliphatic carbocycles. The number of nitrogens with one attached hydrogen (secondary N) is 1. The van der Waals surface area contributed by atoms with Crippen molar-refractivity contribution in [2.45, 2.75) is 30.2 Å². The molecule has 0 unspecified atom stereocenters. The van der Waals surface area contributed by atoms with Gasteiger partial charge in [0.15, 0.2) is 5.16 Å². The molecule has 3 aromatic heterocycles. The molecule has 170 valence electrons. The zero-order chi connectivity index (χ0) is 23.4. The smallest absolute Gasteiger partial charge is 0.266 e. The molecule has 5 aromatic rings. The first-order valence-corrected chi connectivity index (χ1v) is 12.4. The highest BCUT2D eigenvalue weighted by atomic mass is 32.2. The van der Waals surface area contributed by atoms with Crippen molar-refractivity contribution in [3.05, 3.63) is 91.1 Å². The maximum absolute atomic E-state index is 14.7. The summed E-state index contributed by atoms with van der Waals surface area (Å²) in [5.74, 6) is -0.963. The number of thioether (sulfide) groups is 1. The Labute approximate surface area is 199 Å². The van der Waals surface area contributed by atoms with Crippen molar-refractivity contribution in [1.29, 1.82) is 0 Å². The Bertz CT molecular complexity index is 1720. The van der Waals surface area contributed by atoms with Gasteiger partial charge in [-0.2, -0.15) is 0 Å². The first-order chi connectivity index (χ1) is 16.5. The number of hydrogen-bond acceptors (Lipinski definition) is 6. The first kappa shape index (κ1) is 21.2. The minimum atomic E-state index is -0.873. The van der Waals surface area contributed by atoms with E-state index in [4.69, 9.17) is 0 Å². The Morgan fingerprint density at radius 3 is 2.79 bits per heavy atom. The molecule has 0 radical (unpaired) electrons. The summed E-state index contributed by atoms with van der Waals surface area (Å²) in [5.41, 5.74) is 0.822. The second kappa shape index (κ2) is 8.14. The molecular formula is C24H16F2N4O2S2. The molecule has 0 aliphatic heterocycles. The average Bonchev–Trinajstić information content (AvgIpc) is 3.40. The van der Waals surface area contributed by atoms with Crippen LogP contribution in [0.2, 0.25) is 0 Å². The predicted octanol–water partition coefficient (Wildman–Crippen LogP) is 4.74. The summed E-state index contributed by atoms with van der Waals surface area (Å²) in [5, 5.41) is 1.20. The van der Waals surface area contributed by atoms with Crippen LogP contribution in [0.4, 0.5) is 8.78 Å². The van der Waals surface area contributed by atoms with Crippen molar-refractivity contribution in [2.24, 2.45) is 0 Å². The monoisotopic (exact) mass is 494 g/mol. The van der Waals surface area contributed by atoms with Crippen LogP contribution in [0, 0.1) is 11.6 Å². The molecule has 0 atom stereocenters. The molecule has 0 saturated carbocycles. The van der Waals surface area contributed by atoms with Crippen molar-refractivity contribution in [2.75, 3.05) is 0 Å². The molecule has 1 N–H and O–H groups in total. The van der Waals surface area contributed by atoms with E-state index in [1.54, 1.807) is 35.6 Å². The zero-order valence-corrected chi connectivity index (χ0v) is 19.2. The summed E-state index contributed by atoms with van der Waals surface area (Å²) in [6, 6.07) is 9.81. The summed E-state index contributed by atoms with van der Waals surface area (Å²) in [4.78, 5) is 40.0. The van der Waals surface area contributed by atoms with E-state index in [0.717, 1.165) is 53.3 Å². The predicted molar refractivity (Wildman–Crippen MR) is 129 cm³/mol. The minimum absolute atomic E-state index is 0.0984. The van der Waals surface area contributed by atoms with E-state index in [-0.39, 0.29) is 22.2 Å². The van der Waals surface area contributed by atoms with Gasteiger partial charge in [-0.3, -0.25) is 14.2 Å². The highest BCUT2D eigenvalue weighted by molar-refractivity contribution is 7.98. The number of para-hydroxylation sites is 1. The van der Waals surface area contributed by atoms with E-state index >= 15 is 0 Å². The largest absolute Gasteiger partial charge is 0.309 e. The van der Waals surface area contributed by atoms with Crippen molar-refractivity contribution < 1.29 is 8.78 Å². The summed E-state index contributed by atoms with van der Waals surface area (Å²) in [7, 11) is 0. The number of aromatic amines is 1. The van der Waals surface area contributed by atoms with Gasteiger partial charge in [0.2, 0.25) is 0 Å². The van der Waals surface area contributed by atoms with E-state index in [1.165, 1.54) is 10.9 Å². The van der Waals surface area contributed by atoms with Crippen molar-refractivity contribution in [3.8, 4) is 5.69 Å². The van der Waals surface area contributed by atoms with Crippen molar-refractivity contribution in [3.63, 3.8) is 0 Å². The van der Waals surface area contributed by atoms with E-state index < -0.39 is 17.2 Å². The maximum Gasteiger partial charge on any atom is 0.266 e. The van der Waals surface area contributed by atoms with Crippen LogP contribution >= 0.6 is 23.1 Å². The van der Waals surface area contributed by atoms with Gasteiger partial charge in [0.25, 0.3) is 11.1 Å². The molecule has 0 saturated heterocycles. The molecule has 1 aliphatic rings. The third-order valence-electron chi connectivity index (χ3n) is 5.86. The fourth-order valence-corrected chi connectivity index (χ4v) is 6.49. The third kappa shape index (κ3) is 3.45. The lowest BCUT2D eigenvalue weighted by molar-refractivity contribution is 0.572. The maximum atomic E-state index is 14.7. The molecular weight excluding hydrogens is 478 g/mol. The lowest BCUT2D eigenvalue weighted by Gasteiger charge is -2.14. The first-order valence-electron chi connectivity index (χ1n) is 10.6. The van der Waals surface area contributed by atoms with Gasteiger partial charge in [0.05, 0.1) is 27.7 Å².